The van der Waals surface area contributed by atoms with Gasteiger partial charge in [0.1, 0.15) is 0 Å². The Kier molecular flexibility index (Phi) is 4.34. The number of carboxylic acids is 2. The van der Waals surface area contributed by atoms with E-state index in [0.29, 0.717) is 0 Å². The molecule has 0 unspecified atom stereocenters. The van der Waals surface area contributed by atoms with Crippen LogP contribution in [-0.4, -0.2) is 35.2 Å². The number of ether oxygens (including phenoxy) is 1. The standard InChI is InChI=1S/C8H10O6/c1-4(7(10)11)5(8(12)13)3-6(9)14-2/h3H2,1-2H3,(H,10,11)(H,12,13)/b5-4+. The fraction of sp³-hybridized carbons (Fsp3) is 0.375. The summed E-state index contributed by atoms with van der Waals surface area (Å²) in [7, 11) is 1.10. The topological polar surface area (TPSA) is 101 Å². The molecule has 0 rings (SSSR count). The average Bonchev–Trinajstić information content (AvgIpc) is 2.11. The SMILES string of the molecule is COC(=O)C/C(C(=O)O)=C(/C)C(=O)O. The lowest BCUT2D eigenvalue weighted by molar-refractivity contribution is -0.142. The quantitative estimate of drug-likeness (QED) is 0.492. The Morgan fingerprint density at radius 3 is 1.93 bits per heavy atom. The van der Waals surface area contributed by atoms with Crippen LogP contribution >= 0.6 is 0 Å². The monoisotopic (exact) mass is 202 g/mol. The molecule has 0 aliphatic heterocycles. The number of hydrogen-bond donors (Lipinski definition) is 2. The lowest BCUT2D eigenvalue weighted by Crippen LogP contribution is -2.14. The Labute approximate surface area is 79.8 Å². The van der Waals surface area contributed by atoms with E-state index in [-0.39, 0.29) is 5.57 Å². The third kappa shape index (κ3) is 3.26. The molecule has 0 bridgehead atoms. The van der Waals surface area contributed by atoms with E-state index < -0.39 is 29.9 Å². The number of hydrogen-bond acceptors (Lipinski definition) is 4. The largest absolute Gasteiger partial charge is 0.478 e. The van der Waals surface area contributed by atoms with Crippen LogP contribution in [0.1, 0.15) is 13.3 Å². The molecule has 0 aromatic heterocycles. The first-order valence-electron chi connectivity index (χ1n) is 3.63. The Balaban J connectivity index is 4.96. The average molecular weight is 202 g/mol. The molecule has 2 N–H and O–H groups in total. The third-order valence-corrected chi connectivity index (χ3v) is 1.58. The van der Waals surface area contributed by atoms with E-state index in [1.807, 2.05) is 0 Å². The summed E-state index contributed by atoms with van der Waals surface area (Å²) >= 11 is 0. The van der Waals surface area contributed by atoms with Gasteiger partial charge in [-0.05, 0) is 6.92 Å². The summed E-state index contributed by atoms with van der Waals surface area (Å²) in [5, 5.41) is 17.1. The fourth-order valence-corrected chi connectivity index (χ4v) is 0.714. The minimum absolute atomic E-state index is 0.372. The molecule has 0 amide bonds. The summed E-state index contributed by atoms with van der Waals surface area (Å²) in [6, 6.07) is 0. The second-order valence-electron chi connectivity index (χ2n) is 2.47. The summed E-state index contributed by atoms with van der Waals surface area (Å²) in [5.74, 6) is -3.59. The Morgan fingerprint density at radius 1 is 1.14 bits per heavy atom. The van der Waals surface area contributed by atoms with E-state index in [9.17, 15) is 14.4 Å². The van der Waals surface area contributed by atoms with Gasteiger partial charge in [0.25, 0.3) is 0 Å². The number of methoxy groups -OCH3 is 1. The number of aliphatic carboxylic acids is 2. The molecule has 6 nitrogen and oxygen atoms in total. The second kappa shape index (κ2) is 5.00. The van der Waals surface area contributed by atoms with E-state index in [0.717, 1.165) is 14.0 Å². The van der Waals surface area contributed by atoms with E-state index in [2.05, 4.69) is 4.74 Å². The fourth-order valence-electron chi connectivity index (χ4n) is 0.714. The van der Waals surface area contributed by atoms with E-state index in [4.69, 9.17) is 10.2 Å². The van der Waals surface area contributed by atoms with Gasteiger partial charge < -0.3 is 14.9 Å². The van der Waals surface area contributed by atoms with Crippen LogP contribution < -0.4 is 0 Å². The van der Waals surface area contributed by atoms with Gasteiger partial charge in [-0.3, -0.25) is 4.79 Å². The minimum atomic E-state index is -1.43. The minimum Gasteiger partial charge on any atom is -0.478 e. The molecular formula is C8H10O6. The number of esters is 1. The Hall–Kier alpha value is -1.85. The molecule has 0 saturated carbocycles. The van der Waals surface area contributed by atoms with Crippen molar-refractivity contribution in [3.8, 4) is 0 Å². The van der Waals surface area contributed by atoms with Crippen LogP contribution in [0.15, 0.2) is 11.1 Å². The maximum Gasteiger partial charge on any atom is 0.332 e. The Bertz CT molecular complexity index is 301. The number of carboxylic acid groups (broad SMARTS) is 2. The van der Waals surface area contributed by atoms with E-state index in [1.54, 1.807) is 0 Å². The van der Waals surface area contributed by atoms with Gasteiger partial charge in [0, 0.05) is 5.57 Å². The van der Waals surface area contributed by atoms with Crippen LogP contribution in [-0.2, 0) is 19.1 Å². The highest BCUT2D eigenvalue weighted by Crippen LogP contribution is 2.10. The number of carbonyl (C=O) groups excluding carboxylic acids is 1. The van der Waals surface area contributed by atoms with Gasteiger partial charge in [0.15, 0.2) is 0 Å². The Morgan fingerprint density at radius 2 is 1.64 bits per heavy atom. The highest BCUT2D eigenvalue weighted by Gasteiger charge is 2.19. The van der Waals surface area contributed by atoms with Crippen molar-refractivity contribution < 1.29 is 29.3 Å². The predicted octanol–water partition coefficient (Wildman–Crippen LogP) is 0.0352. The smallest absolute Gasteiger partial charge is 0.332 e. The highest BCUT2D eigenvalue weighted by atomic mass is 16.5. The lowest BCUT2D eigenvalue weighted by Gasteiger charge is -2.03. The lowest BCUT2D eigenvalue weighted by atomic mass is 10.1. The summed E-state index contributed by atoms with van der Waals surface area (Å²) in [6.07, 6.45) is -0.552. The van der Waals surface area contributed by atoms with Gasteiger partial charge >= 0.3 is 17.9 Å². The number of carbonyl (C=O) groups is 3. The zero-order chi connectivity index (χ0) is 11.3. The maximum absolute atomic E-state index is 10.7. The highest BCUT2D eigenvalue weighted by molar-refractivity contribution is 6.01. The van der Waals surface area contributed by atoms with Gasteiger partial charge in [0.05, 0.1) is 19.1 Å². The molecule has 0 heterocycles. The van der Waals surface area contributed by atoms with Crippen molar-refractivity contribution >= 4 is 17.9 Å². The molecule has 0 aliphatic carbocycles. The van der Waals surface area contributed by atoms with E-state index >= 15 is 0 Å². The molecule has 78 valence electrons. The van der Waals surface area contributed by atoms with Crippen molar-refractivity contribution in [3.63, 3.8) is 0 Å². The van der Waals surface area contributed by atoms with Crippen LogP contribution in [0.2, 0.25) is 0 Å². The van der Waals surface area contributed by atoms with Crippen molar-refractivity contribution in [2.24, 2.45) is 0 Å². The summed E-state index contributed by atoms with van der Waals surface area (Å²) in [6.45, 7) is 1.12. The summed E-state index contributed by atoms with van der Waals surface area (Å²) < 4.78 is 4.23. The molecule has 0 aliphatic rings. The van der Waals surface area contributed by atoms with Crippen molar-refractivity contribution in [2.45, 2.75) is 13.3 Å². The molecule has 14 heavy (non-hydrogen) atoms. The van der Waals surface area contributed by atoms with Crippen molar-refractivity contribution in [3.05, 3.63) is 11.1 Å². The second-order valence-corrected chi connectivity index (χ2v) is 2.47. The molecule has 0 atom stereocenters. The van der Waals surface area contributed by atoms with Gasteiger partial charge in [-0.15, -0.1) is 0 Å². The van der Waals surface area contributed by atoms with Gasteiger partial charge in [0.2, 0.25) is 0 Å². The molecule has 0 fully saturated rings. The summed E-state index contributed by atoms with van der Waals surface area (Å²) in [5.41, 5.74) is -0.841. The van der Waals surface area contributed by atoms with Crippen LogP contribution in [0.5, 0.6) is 0 Å². The first kappa shape index (κ1) is 12.2. The predicted molar refractivity (Wildman–Crippen MR) is 44.6 cm³/mol. The molecule has 6 heteroatoms. The van der Waals surface area contributed by atoms with Crippen molar-refractivity contribution in [1.82, 2.24) is 0 Å². The molecule has 0 saturated heterocycles. The molecular weight excluding hydrogens is 192 g/mol. The van der Waals surface area contributed by atoms with Gasteiger partial charge in [-0.2, -0.15) is 0 Å². The normalized spacial score (nSPS) is 11.6. The number of rotatable bonds is 4. The zero-order valence-electron chi connectivity index (χ0n) is 7.73. The molecule has 0 aromatic rings. The van der Waals surface area contributed by atoms with Gasteiger partial charge in [-0.25, -0.2) is 9.59 Å². The van der Waals surface area contributed by atoms with Crippen LogP contribution in [0.4, 0.5) is 0 Å². The molecule has 0 spiro atoms. The molecule has 0 radical (unpaired) electrons. The van der Waals surface area contributed by atoms with Gasteiger partial charge in [-0.1, -0.05) is 0 Å². The van der Waals surface area contributed by atoms with Crippen molar-refractivity contribution in [1.29, 1.82) is 0 Å². The van der Waals surface area contributed by atoms with Crippen LogP contribution in [0, 0.1) is 0 Å². The first-order chi connectivity index (χ1) is 6.40. The maximum atomic E-state index is 10.7. The third-order valence-electron chi connectivity index (χ3n) is 1.58. The van der Waals surface area contributed by atoms with Crippen LogP contribution in [0.25, 0.3) is 0 Å². The zero-order valence-corrected chi connectivity index (χ0v) is 7.73. The van der Waals surface area contributed by atoms with Crippen LogP contribution in [0.3, 0.4) is 0 Å². The van der Waals surface area contributed by atoms with E-state index in [1.165, 1.54) is 0 Å². The summed E-state index contributed by atoms with van der Waals surface area (Å²) in [4.78, 5) is 31.8. The molecule has 0 aromatic carbocycles. The first-order valence-corrected chi connectivity index (χ1v) is 3.63. The van der Waals surface area contributed by atoms with Crippen molar-refractivity contribution in [2.75, 3.05) is 7.11 Å².